The number of nitrogens with zero attached hydrogens (tertiary/aromatic N) is 3. The number of aromatic nitrogens is 3. The zero-order valence-corrected chi connectivity index (χ0v) is 6.18. The average Bonchev–Trinajstić information content (AvgIpc) is 2.56. The lowest BCUT2D eigenvalue weighted by molar-refractivity contribution is 0.625. The molecule has 0 bridgehead atoms. The average molecular weight is 163 g/mol. The van der Waals surface area contributed by atoms with Crippen LogP contribution in [0.5, 0.6) is 0 Å². The summed E-state index contributed by atoms with van der Waals surface area (Å²) in [5.74, 6) is -0.275. The van der Waals surface area contributed by atoms with E-state index in [1.165, 1.54) is 29.5 Å². The lowest BCUT2D eigenvalue weighted by Crippen LogP contribution is -1.93. The Hall–Kier alpha value is -1.71. The SMILES string of the molecule is Fc1cccc(-n2cncn2)c1. The quantitative estimate of drug-likeness (QED) is 0.636. The largest absolute Gasteiger partial charge is 0.223 e. The normalized spacial score (nSPS) is 10.1. The van der Waals surface area contributed by atoms with Crippen LogP contribution in [0.2, 0.25) is 0 Å². The van der Waals surface area contributed by atoms with E-state index in [0.29, 0.717) is 5.69 Å². The molecule has 12 heavy (non-hydrogen) atoms. The summed E-state index contributed by atoms with van der Waals surface area (Å²) in [6.07, 6.45) is 2.93. The predicted octanol–water partition coefficient (Wildman–Crippen LogP) is 1.41. The lowest BCUT2D eigenvalue weighted by atomic mass is 10.3. The molecule has 0 N–H and O–H groups in total. The van der Waals surface area contributed by atoms with Gasteiger partial charge in [-0.05, 0) is 18.2 Å². The van der Waals surface area contributed by atoms with Crippen molar-refractivity contribution in [3.8, 4) is 5.69 Å². The third kappa shape index (κ3) is 1.18. The minimum absolute atomic E-state index is 0.275. The fraction of sp³-hybridized carbons (Fsp3) is 0. The van der Waals surface area contributed by atoms with Gasteiger partial charge in [-0.25, -0.2) is 14.1 Å². The molecule has 0 radical (unpaired) electrons. The fourth-order valence-electron chi connectivity index (χ4n) is 0.960. The van der Waals surface area contributed by atoms with Crippen molar-refractivity contribution in [2.24, 2.45) is 0 Å². The second kappa shape index (κ2) is 2.73. The van der Waals surface area contributed by atoms with Crippen LogP contribution in [0.3, 0.4) is 0 Å². The van der Waals surface area contributed by atoms with Crippen molar-refractivity contribution in [2.45, 2.75) is 0 Å². The molecule has 0 amide bonds. The Labute approximate surface area is 68.5 Å². The number of hydrogen-bond acceptors (Lipinski definition) is 2. The van der Waals surface area contributed by atoms with Crippen LogP contribution in [0.15, 0.2) is 36.9 Å². The van der Waals surface area contributed by atoms with Crippen LogP contribution in [-0.4, -0.2) is 14.8 Å². The van der Waals surface area contributed by atoms with E-state index in [1.54, 1.807) is 12.1 Å². The second-order valence-corrected chi connectivity index (χ2v) is 2.32. The smallest absolute Gasteiger partial charge is 0.138 e. The molecular formula is C8H6FN3. The molecule has 0 aliphatic rings. The third-order valence-electron chi connectivity index (χ3n) is 1.49. The molecule has 1 aromatic carbocycles. The summed E-state index contributed by atoms with van der Waals surface area (Å²) in [5.41, 5.74) is 0.674. The summed E-state index contributed by atoms with van der Waals surface area (Å²) < 4.78 is 14.2. The lowest BCUT2D eigenvalue weighted by Gasteiger charge is -1.98. The minimum Gasteiger partial charge on any atom is -0.223 e. The van der Waals surface area contributed by atoms with Crippen LogP contribution in [0, 0.1) is 5.82 Å². The molecule has 0 fully saturated rings. The molecule has 0 saturated heterocycles. The van der Waals surface area contributed by atoms with Crippen molar-refractivity contribution in [1.82, 2.24) is 14.8 Å². The molecule has 0 atom stereocenters. The Morgan fingerprint density at radius 3 is 2.92 bits per heavy atom. The Balaban J connectivity index is 2.48. The monoisotopic (exact) mass is 163 g/mol. The zero-order valence-electron chi connectivity index (χ0n) is 6.18. The summed E-state index contributed by atoms with van der Waals surface area (Å²) in [4.78, 5) is 3.76. The van der Waals surface area contributed by atoms with Gasteiger partial charge in [-0.3, -0.25) is 0 Å². The highest BCUT2D eigenvalue weighted by molar-refractivity contribution is 5.29. The molecule has 0 unspecified atom stereocenters. The van der Waals surface area contributed by atoms with Gasteiger partial charge in [0.1, 0.15) is 18.5 Å². The topological polar surface area (TPSA) is 30.7 Å². The molecule has 60 valence electrons. The standard InChI is InChI=1S/C8H6FN3/c9-7-2-1-3-8(4-7)12-6-10-5-11-12/h1-6H. The summed E-state index contributed by atoms with van der Waals surface area (Å²) >= 11 is 0. The highest BCUT2D eigenvalue weighted by Gasteiger charge is 1.96. The summed E-state index contributed by atoms with van der Waals surface area (Å²) in [6.45, 7) is 0. The van der Waals surface area contributed by atoms with Crippen molar-refractivity contribution in [3.63, 3.8) is 0 Å². The van der Waals surface area contributed by atoms with Gasteiger partial charge in [-0.2, -0.15) is 5.10 Å². The Bertz CT molecular complexity index is 370. The van der Waals surface area contributed by atoms with Crippen LogP contribution in [0.1, 0.15) is 0 Å². The molecule has 0 saturated carbocycles. The van der Waals surface area contributed by atoms with Crippen molar-refractivity contribution in [3.05, 3.63) is 42.7 Å². The second-order valence-electron chi connectivity index (χ2n) is 2.32. The minimum atomic E-state index is -0.275. The summed E-state index contributed by atoms with van der Waals surface area (Å²) in [6, 6.07) is 6.18. The summed E-state index contributed by atoms with van der Waals surface area (Å²) in [7, 11) is 0. The van der Waals surface area contributed by atoms with Gasteiger partial charge in [-0.1, -0.05) is 6.07 Å². The number of halogens is 1. The molecule has 2 rings (SSSR count). The van der Waals surface area contributed by atoms with E-state index in [4.69, 9.17) is 0 Å². The van der Waals surface area contributed by atoms with Gasteiger partial charge in [0, 0.05) is 0 Å². The van der Waals surface area contributed by atoms with E-state index in [-0.39, 0.29) is 5.82 Å². The molecule has 4 heteroatoms. The van der Waals surface area contributed by atoms with Crippen molar-refractivity contribution in [1.29, 1.82) is 0 Å². The van der Waals surface area contributed by atoms with E-state index in [2.05, 4.69) is 10.1 Å². The Morgan fingerprint density at radius 2 is 2.25 bits per heavy atom. The highest BCUT2D eigenvalue weighted by atomic mass is 19.1. The van der Waals surface area contributed by atoms with E-state index in [9.17, 15) is 4.39 Å². The number of hydrogen-bond donors (Lipinski definition) is 0. The van der Waals surface area contributed by atoms with Gasteiger partial charge >= 0.3 is 0 Å². The Morgan fingerprint density at radius 1 is 1.33 bits per heavy atom. The first-order valence-corrected chi connectivity index (χ1v) is 3.47. The van der Waals surface area contributed by atoms with Crippen molar-refractivity contribution in [2.75, 3.05) is 0 Å². The molecule has 0 aliphatic carbocycles. The third-order valence-corrected chi connectivity index (χ3v) is 1.49. The van der Waals surface area contributed by atoms with Gasteiger partial charge in [0.25, 0.3) is 0 Å². The maximum Gasteiger partial charge on any atom is 0.138 e. The van der Waals surface area contributed by atoms with E-state index in [1.807, 2.05) is 0 Å². The maximum absolute atomic E-state index is 12.7. The van der Waals surface area contributed by atoms with Gasteiger partial charge in [0.05, 0.1) is 5.69 Å². The molecule has 3 nitrogen and oxygen atoms in total. The van der Waals surface area contributed by atoms with Crippen LogP contribution in [-0.2, 0) is 0 Å². The first-order valence-electron chi connectivity index (χ1n) is 3.47. The van der Waals surface area contributed by atoms with Gasteiger partial charge in [0.15, 0.2) is 0 Å². The van der Waals surface area contributed by atoms with Gasteiger partial charge in [0.2, 0.25) is 0 Å². The maximum atomic E-state index is 12.7. The molecule has 0 aliphatic heterocycles. The van der Waals surface area contributed by atoms with Crippen LogP contribution in [0.4, 0.5) is 4.39 Å². The predicted molar refractivity (Wildman–Crippen MR) is 41.3 cm³/mol. The van der Waals surface area contributed by atoms with Crippen LogP contribution in [0.25, 0.3) is 5.69 Å². The van der Waals surface area contributed by atoms with Crippen molar-refractivity contribution >= 4 is 0 Å². The van der Waals surface area contributed by atoms with Gasteiger partial charge < -0.3 is 0 Å². The fourth-order valence-corrected chi connectivity index (χ4v) is 0.960. The zero-order chi connectivity index (χ0) is 8.39. The molecule has 0 spiro atoms. The molecule has 2 aromatic rings. The Kier molecular flexibility index (Phi) is 1.59. The van der Waals surface area contributed by atoms with Gasteiger partial charge in [-0.15, -0.1) is 0 Å². The number of benzene rings is 1. The van der Waals surface area contributed by atoms with Crippen LogP contribution < -0.4 is 0 Å². The molecule has 1 aromatic heterocycles. The highest BCUT2D eigenvalue weighted by Crippen LogP contribution is 2.06. The first-order chi connectivity index (χ1) is 5.86. The van der Waals surface area contributed by atoms with E-state index in [0.717, 1.165) is 0 Å². The van der Waals surface area contributed by atoms with Crippen LogP contribution >= 0.6 is 0 Å². The molecule has 1 heterocycles. The molecular weight excluding hydrogens is 157 g/mol. The van der Waals surface area contributed by atoms with Crippen molar-refractivity contribution < 1.29 is 4.39 Å². The first kappa shape index (κ1) is 6.97. The number of rotatable bonds is 1. The van der Waals surface area contributed by atoms with E-state index < -0.39 is 0 Å². The van der Waals surface area contributed by atoms with E-state index >= 15 is 0 Å². The summed E-state index contributed by atoms with van der Waals surface area (Å²) in [5, 5.41) is 3.87.